The zero-order valence-electron chi connectivity index (χ0n) is 6.51. The Labute approximate surface area is 70.9 Å². The van der Waals surface area contributed by atoms with Gasteiger partial charge < -0.3 is 10.6 Å². The van der Waals surface area contributed by atoms with Gasteiger partial charge in [0.15, 0.2) is 0 Å². The minimum absolute atomic E-state index is 0.681. The number of hydrogen-bond acceptors (Lipinski definition) is 3. The van der Waals surface area contributed by atoms with Crippen LogP contribution in [0.25, 0.3) is 0 Å². The number of aliphatic imine (C=N–C) groups is 1. The maximum Gasteiger partial charge on any atom is 0.0744 e. The second kappa shape index (κ2) is 2.70. The molecule has 2 heterocycles. The summed E-state index contributed by atoms with van der Waals surface area (Å²) in [5, 5.41) is 0. The first-order chi connectivity index (χ1) is 5.88. The van der Waals surface area contributed by atoms with Crippen LogP contribution in [0, 0.1) is 0 Å². The Morgan fingerprint density at radius 2 is 2.17 bits per heavy atom. The highest BCUT2D eigenvalue weighted by molar-refractivity contribution is 5.80. The molecule has 0 saturated heterocycles. The Morgan fingerprint density at radius 1 is 1.25 bits per heavy atom. The molecule has 0 spiro atoms. The smallest absolute Gasteiger partial charge is 0.0744 e. The van der Waals surface area contributed by atoms with E-state index in [-0.39, 0.29) is 0 Å². The fraction of sp³-hybridized carbons (Fsp3) is 0. The van der Waals surface area contributed by atoms with Crippen molar-refractivity contribution in [3.8, 4) is 0 Å². The molecule has 0 fully saturated rings. The van der Waals surface area contributed by atoms with E-state index in [1.807, 2.05) is 35.5 Å². The van der Waals surface area contributed by atoms with E-state index >= 15 is 0 Å². The monoisotopic (exact) mass is 159 g/mol. The molecule has 0 aromatic rings. The summed E-state index contributed by atoms with van der Waals surface area (Å²) in [6.45, 7) is 0. The predicted octanol–water partition coefficient (Wildman–Crippen LogP) is 1.10. The molecule has 2 N–H and O–H groups in total. The van der Waals surface area contributed by atoms with Crippen molar-refractivity contribution < 1.29 is 0 Å². The third kappa shape index (κ3) is 1.05. The highest BCUT2D eigenvalue weighted by Crippen LogP contribution is 2.15. The molecule has 2 rings (SSSR count). The molecule has 0 aromatic heterocycles. The van der Waals surface area contributed by atoms with Crippen molar-refractivity contribution in [3.05, 3.63) is 48.2 Å². The van der Waals surface area contributed by atoms with Crippen LogP contribution < -0.4 is 5.73 Å². The molecular weight excluding hydrogens is 150 g/mol. The second-order valence-corrected chi connectivity index (χ2v) is 2.52. The Hall–Kier alpha value is -1.77. The van der Waals surface area contributed by atoms with Gasteiger partial charge in [-0.2, -0.15) is 0 Å². The van der Waals surface area contributed by atoms with Gasteiger partial charge in [-0.05, 0) is 12.2 Å². The normalized spacial score (nSPS) is 19.8. The number of nitrogens with zero attached hydrogens (tertiary/aromatic N) is 2. The molecule has 0 atom stereocenters. The van der Waals surface area contributed by atoms with Crippen LogP contribution in [0.2, 0.25) is 0 Å². The van der Waals surface area contributed by atoms with Crippen molar-refractivity contribution in [1.29, 1.82) is 0 Å². The largest absolute Gasteiger partial charge is 0.396 e. The van der Waals surface area contributed by atoms with Crippen LogP contribution in [0.1, 0.15) is 0 Å². The molecule has 3 heteroatoms. The van der Waals surface area contributed by atoms with Crippen LogP contribution in [0.5, 0.6) is 0 Å². The molecule has 2 aliphatic heterocycles. The first kappa shape index (κ1) is 6.91. The molecule has 0 radical (unpaired) electrons. The van der Waals surface area contributed by atoms with Crippen molar-refractivity contribution in [2.45, 2.75) is 0 Å². The number of rotatable bonds is 0. The minimum atomic E-state index is 0.681. The molecule has 2 aliphatic rings. The van der Waals surface area contributed by atoms with E-state index in [0.29, 0.717) is 5.70 Å². The van der Waals surface area contributed by atoms with Crippen molar-refractivity contribution in [3.63, 3.8) is 0 Å². The molecule has 0 amide bonds. The Bertz CT molecular complexity index is 332. The molecule has 12 heavy (non-hydrogen) atoms. The fourth-order valence-corrected chi connectivity index (χ4v) is 1.13. The summed E-state index contributed by atoms with van der Waals surface area (Å²) in [6, 6.07) is 0. The van der Waals surface area contributed by atoms with Crippen LogP contribution in [-0.4, -0.2) is 11.1 Å². The van der Waals surface area contributed by atoms with Gasteiger partial charge in [-0.1, -0.05) is 6.08 Å². The third-order valence-electron chi connectivity index (χ3n) is 1.71. The zero-order valence-corrected chi connectivity index (χ0v) is 6.51. The summed E-state index contributed by atoms with van der Waals surface area (Å²) in [4.78, 5) is 5.91. The predicted molar refractivity (Wildman–Crippen MR) is 49.0 cm³/mol. The number of hydrogen-bond donors (Lipinski definition) is 1. The molecule has 60 valence electrons. The molecule has 0 bridgehead atoms. The van der Waals surface area contributed by atoms with E-state index in [4.69, 9.17) is 5.73 Å². The zero-order chi connectivity index (χ0) is 8.39. The van der Waals surface area contributed by atoms with Crippen molar-refractivity contribution >= 4 is 6.21 Å². The minimum Gasteiger partial charge on any atom is -0.396 e. The van der Waals surface area contributed by atoms with Gasteiger partial charge in [0.1, 0.15) is 0 Å². The molecule has 0 aromatic carbocycles. The lowest BCUT2D eigenvalue weighted by molar-refractivity contribution is 0.640. The highest BCUT2D eigenvalue weighted by atomic mass is 15.1. The summed E-state index contributed by atoms with van der Waals surface area (Å²) in [6.07, 6.45) is 13.0. The second-order valence-electron chi connectivity index (χ2n) is 2.52. The van der Waals surface area contributed by atoms with Crippen LogP contribution in [0.3, 0.4) is 0 Å². The highest BCUT2D eigenvalue weighted by Gasteiger charge is 2.07. The van der Waals surface area contributed by atoms with Crippen LogP contribution >= 0.6 is 0 Å². The van der Waals surface area contributed by atoms with E-state index in [2.05, 4.69) is 4.99 Å². The van der Waals surface area contributed by atoms with Gasteiger partial charge in [-0.25, -0.2) is 0 Å². The summed E-state index contributed by atoms with van der Waals surface area (Å²) >= 11 is 0. The maximum absolute atomic E-state index is 5.75. The van der Waals surface area contributed by atoms with Crippen LogP contribution in [0.4, 0.5) is 0 Å². The van der Waals surface area contributed by atoms with Crippen molar-refractivity contribution in [1.82, 2.24) is 4.90 Å². The van der Waals surface area contributed by atoms with Gasteiger partial charge in [0.25, 0.3) is 0 Å². The maximum atomic E-state index is 5.75. The first-order valence-electron chi connectivity index (χ1n) is 3.71. The Morgan fingerprint density at radius 3 is 3.08 bits per heavy atom. The third-order valence-corrected chi connectivity index (χ3v) is 1.71. The lowest BCUT2D eigenvalue weighted by Crippen LogP contribution is -2.15. The summed E-state index contributed by atoms with van der Waals surface area (Å²) in [7, 11) is 0. The lowest BCUT2D eigenvalue weighted by Gasteiger charge is -2.18. The summed E-state index contributed by atoms with van der Waals surface area (Å²) in [5.74, 6) is 0. The SMILES string of the molecule is NC1=C2C=CC=CN2C=CN=C1. The van der Waals surface area contributed by atoms with E-state index in [1.54, 1.807) is 12.4 Å². The number of allylic oxidation sites excluding steroid dienone is 4. The number of nitrogens with two attached hydrogens (primary N) is 1. The molecule has 0 unspecified atom stereocenters. The molecule has 0 saturated carbocycles. The van der Waals surface area contributed by atoms with Gasteiger partial charge in [-0.15, -0.1) is 0 Å². The van der Waals surface area contributed by atoms with Crippen LogP contribution in [0.15, 0.2) is 53.2 Å². The van der Waals surface area contributed by atoms with Gasteiger partial charge in [0.05, 0.1) is 17.6 Å². The standard InChI is InChI=1S/C9H9N3/c10-8-7-11-4-6-12-5-2-1-3-9(8)12/h1-7H,10H2. The first-order valence-corrected chi connectivity index (χ1v) is 3.71. The Kier molecular flexibility index (Phi) is 1.55. The average molecular weight is 159 g/mol. The molecule has 0 aliphatic carbocycles. The van der Waals surface area contributed by atoms with E-state index in [9.17, 15) is 0 Å². The number of fused-ring (bicyclic) bond motifs is 1. The van der Waals surface area contributed by atoms with Crippen molar-refractivity contribution in [2.75, 3.05) is 0 Å². The summed E-state index contributed by atoms with van der Waals surface area (Å²) < 4.78 is 0. The Balaban J connectivity index is 2.48. The van der Waals surface area contributed by atoms with Gasteiger partial charge >= 0.3 is 0 Å². The molecular formula is C9H9N3. The fourth-order valence-electron chi connectivity index (χ4n) is 1.13. The van der Waals surface area contributed by atoms with Gasteiger partial charge in [0.2, 0.25) is 0 Å². The quantitative estimate of drug-likeness (QED) is 0.575. The van der Waals surface area contributed by atoms with Crippen LogP contribution in [-0.2, 0) is 0 Å². The summed E-state index contributed by atoms with van der Waals surface area (Å²) in [5.41, 5.74) is 7.40. The van der Waals surface area contributed by atoms with E-state index < -0.39 is 0 Å². The van der Waals surface area contributed by atoms with Gasteiger partial charge in [-0.3, -0.25) is 4.99 Å². The van der Waals surface area contributed by atoms with Gasteiger partial charge in [0, 0.05) is 18.6 Å². The molecule has 3 nitrogen and oxygen atoms in total. The van der Waals surface area contributed by atoms with Crippen molar-refractivity contribution in [2.24, 2.45) is 10.7 Å². The van der Waals surface area contributed by atoms with E-state index in [0.717, 1.165) is 5.70 Å². The topological polar surface area (TPSA) is 41.6 Å². The average Bonchev–Trinajstić information content (AvgIpc) is 2.29. The lowest BCUT2D eigenvalue weighted by atomic mass is 10.2. The van der Waals surface area contributed by atoms with E-state index in [1.165, 1.54) is 0 Å².